The Kier molecular flexibility index (Phi) is 3.81. The first kappa shape index (κ1) is 15.9. The van der Waals surface area contributed by atoms with Crippen molar-refractivity contribution in [3.05, 3.63) is 0 Å². The highest BCUT2D eigenvalue weighted by molar-refractivity contribution is 5.88. The first-order chi connectivity index (χ1) is 11.5. The number of hydrogen-bond acceptors (Lipinski definition) is 4. The van der Waals surface area contributed by atoms with Gasteiger partial charge in [-0.15, -0.1) is 0 Å². The van der Waals surface area contributed by atoms with Crippen molar-refractivity contribution in [1.29, 1.82) is 0 Å². The lowest BCUT2D eigenvalue weighted by Gasteiger charge is -2.57. The van der Waals surface area contributed by atoms with Gasteiger partial charge in [0.05, 0.1) is 19.6 Å². The maximum Gasteiger partial charge on any atom is 0.311 e. The number of rotatable bonds is 3. The van der Waals surface area contributed by atoms with Gasteiger partial charge >= 0.3 is 5.97 Å². The van der Waals surface area contributed by atoms with E-state index in [0.29, 0.717) is 6.42 Å². The van der Waals surface area contributed by atoms with Crippen molar-refractivity contribution in [2.75, 3.05) is 13.7 Å². The second kappa shape index (κ2) is 5.74. The molecule has 1 N–H and O–H groups in total. The van der Waals surface area contributed by atoms with Crippen LogP contribution in [0.2, 0.25) is 0 Å². The third-order valence-corrected chi connectivity index (χ3v) is 6.62. The van der Waals surface area contributed by atoms with E-state index < -0.39 is 11.9 Å². The molecule has 0 aromatic rings. The van der Waals surface area contributed by atoms with Crippen LogP contribution in [0, 0.1) is 29.1 Å². The average Bonchev–Trinajstić information content (AvgIpc) is 2.51. The lowest BCUT2D eigenvalue weighted by molar-refractivity contribution is -0.159. The van der Waals surface area contributed by atoms with Gasteiger partial charge in [0.25, 0.3) is 0 Å². The minimum Gasteiger partial charge on any atom is -0.469 e. The molecule has 4 aliphatic carbocycles. The summed E-state index contributed by atoms with van der Waals surface area (Å²) in [5, 5.41) is 1.37. The van der Waals surface area contributed by atoms with E-state index in [9.17, 15) is 14.4 Å². The normalized spacial score (nSPS) is 40.4. The van der Waals surface area contributed by atoms with E-state index >= 15 is 0 Å². The quantitative estimate of drug-likeness (QED) is 0.796. The fourth-order valence-electron chi connectivity index (χ4n) is 6.16. The Morgan fingerprint density at radius 3 is 2.29 bits per heavy atom. The zero-order chi connectivity index (χ0) is 16.9. The van der Waals surface area contributed by atoms with E-state index in [1.807, 2.05) is 0 Å². The molecule has 6 nitrogen and oxygen atoms in total. The molecule has 5 rings (SSSR count). The van der Waals surface area contributed by atoms with Crippen LogP contribution in [0.3, 0.4) is 0 Å². The average molecular weight is 334 g/mol. The number of carbonyl (C=O) groups is 3. The van der Waals surface area contributed by atoms with Crippen molar-refractivity contribution in [2.24, 2.45) is 29.1 Å². The number of carbonyl (C=O) groups excluding carboxylic acids is 3. The van der Waals surface area contributed by atoms with Gasteiger partial charge < -0.3 is 4.74 Å². The first-order valence-corrected chi connectivity index (χ1v) is 9.14. The third kappa shape index (κ3) is 2.80. The molecule has 5 aliphatic rings. The number of nitrogens with one attached hydrogen (secondary N) is 1. The molecule has 5 fully saturated rings. The van der Waals surface area contributed by atoms with Crippen LogP contribution in [-0.4, -0.2) is 36.4 Å². The van der Waals surface area contributed by atoms with Gasteiger partial charge in [0.15, 0.2) is 0 Å². The van der Waals surface area contributed by atoms with Gasteiger partial charge in [-0.05, 0) is 61.7 Å². The predicted octanol–water partition coefficient (Wildman–Crippen LogP) is 1.65. The Morgan fingerprint density at radius 2 is 1.75 bits per heavy atom. The lowest BCUT2D eigenvalue weighted by Crippen LogP contribution is -2.56. The van der Waals surface area contributed by atoms with Crippen LogP contribution in [0.15, 0.2) is 0 Å². The summed E-state index contributed by atoms with van der Waals surface area (Å²) >= 11 is 0. The van der Waals surface area contributed by atoms with E-state index in [2.05, 4.69) is 5.43 Å². The van der Waals surface area contributed by atoms with Gasteiger partial charge in [0.1, 0.15) is 0 Å². The molecule has 0 aromatic carbocycles. The fraction of sp³-hybridized carbons (Fsp3) is 0.833. The van der Waals surface area contributed by atoms with E-state index in [0.717, 1.165) is 37.0 Å². The monoisotopic (exact) mass is 334 g/mol. The van der Waals surface area contributed by atoms with Crippen molar-refractivity contribution in [1.82, 2.24) is 10.4 Å². The molecule has 1 aliphatic heterocycles. The molecule has 1 unspecified atom stereocenters. The molecule has 4 saturated carbocycles. The zero-order valence-corrected chi connectivity index (χ0v) is 14.3. The molecular weight excluding hydrogens is 308 g/mol. The summed E-state index contributed by atoms with van der Waals surface area (Å²) in [5.74, 6) is 1.09. The van der Waals surface area contributed by atoms with Crippen molar-refractivity contribution in [2.45, 2.75) is 51.4 Å². The van der Waals surface area contributed by atoms with Gasteiger partial charge in [-0.3, -0.25) is 24.8 Å². The fourth-order valence-corrected chi connectivity index (χ4v) is 6.16. The maximum absolute atomic E-state index is 12.8. The first-order valence-electron chi connectivity index (χ1n) is 9.14. The molecule has 2 amide bonds. The number of esters is 1. The summed E-state index contributed by atoms with van der Waals surface area (Å²) in [6.07, 6.45) is 8.11. The van der Waals surface area contributed by atoms with Gasteiger partial charge in [-0.2, -0.15) is 0 Å². The van der Waals surface area contributed by atoms with Crippen molar-refractivity contribution < 1.29 is 19.1 Å². The molecule has 1 heterocycles. The molecular formula is C18H26N2O4. The largest absolute Gasteiger partial charge is 0.469 e. The number of nitrogens with zero attached hydrogens (tertiary/aromatic N) is 1. The summed E-state index contributed by atoms with van der Waals surface area (Å²) < 4.78 is 4.74. The molecule has 1 saturated heterocycles. The Labute approximate surface area is 142 Å². The Balaban J connectivity index is 1.44. The summed E-state index contributed by atoms with van der Waals surface area (Å²) in [5.41, 5.74) is 2.78. The molecule has 0 spiro atoms. The number of hydrazine groups is 1. The van der Waals surface area contributed by atoms with E-state index in [-0.39, 0.29) is 30.2 Å². The van der Waals surface area contributed by atoms with Crippen LogP contribution < -0.4 is 5.43 Å². The van der Waals surface area contributed by atoms with E-state index in [1.165, 1.54) is 31.4 Å². The molecule has 0 aromatic heterocycles. The summed E-state index contributed by atoms with van der Waals surface area (Å²) in [6.45, 7) is 0.226. The molecule has 6 heteroatoms. The zero-order valence-electron chi connectivity index (χ0n) is 14.3. The predicted molar refractivity (Wildman–Crippen MR) is 85.2 cm³/mol. The standard InChI is InChI=1S/C18H26N2O4/c1-24-17(23)14-5-15(21)19-20(10-14)16(22)9-18-6-11-2-12(7-18)4-13(3-11)8-18/h11-14H,2-10H2,1H3,(H,19,21). The van der Waals surface area contributed by atoms with Crippen molar-refractivity contribution >= 4 is 17.8 Å². The lowest BCUT2D eigenvalue weighted by atomic mass is 9.49. The highest BCUT2D eigenvalue weighted by atomic mass is 16.5. The Bertz CT molecular complexity index is 538. The minimum absolute atomic E-state index is 0.0427. The highest BCUT2D eigenvalue weighted by Crippen LogP contribution is 2.61. The maximum atomic E-state index is 12.8. The SMILES string of the molecule is COC(=O)C1CC(=O)NN(C(=O)CC23CC4CC(CC(C4)C2)C3)C1. The van der Waals surface area contributed by atoms with Crippen LogP contribution in [0.5, 0.6) is 0 Å². The van der Waals surface area contributed by atoms with Crippen LogP contribution in [0.25, 0.3) is 0 Å². The van der Waals surface area contributed by atoms with Gasteiger partial charge in [0, 0.05) is 12.8 Å². The topological polar surface area (TPSA) is 75.7 Å². The third-order valence-electron chi connectivity index (χ3n) is 6.62. The minimum atomic E-state index is -0.552. The molecule has 0 radical (unpaired) electrons. The van der Waals surface area contributed by atoms with Crippen LogP contribution in [0.4, 0.5) is 0 Å². The molecule has 4 bridgehead atoms. The highest BCUT2D eigenvalue weighted by Gasteiger charge is 2.52. The van der Waals surface area contributed by atoms with Gasteiger partial charge in [-0.25, -0.2) is 0 Å². The van der Waals surface area contributed by atoms with E-state index in [4.69, 9.17) is 4.74 Å². The van der Waals surface area contributed by atoms with Gasteiger partial charge in [0.2, 0.25) is 11.8 Å². The molecule has 24 heavy (non-hydrogen) atoms. The summed E-state index contributed by atoms with van der Waals surface area (Å²) in [6, 6.07) is 0. The number of methoxy groups -OCH3 is 1. The smallest absolute Gasteiger partial charge is 0.311 e. The second-order valence-electron chi connectivity index (χ2n) is 8.56. The van der Waals surface area contributed by atoms with Crippen molar-refractivity contribution in [3.63, 3.8) is 0 Å². The number of amides is 2. The van der Waals surface area contributed by atoms with Crippen LogP contribution >= 0.6 is 0 Å². The molecule has 132 valence electrons. The number of hydrogen-bond donors (Lipinski definition) is 1. The summed E-state index contributed by atoms with van der Waals surface area (Å²) in [7, 11) is 1.32. The summed E-state index contributed by atoms with van der Waals surface area (Å²) in [4.78, 5) is 36.5. The van der Waals surface area contributed by atoms with Crippen molar-refractivity contribution in [3.8, 4) is 0 Å². The van der Waals surface area contributed by atoms with Crippen LogP contribution in [-0.2, 0) is 19.1 Å². The second-order valence-corrected chi connectivity index (χ2v) is 8.56. The number of ether oxygens (including phenoxy) is 1. The molecule has 1 atom stereocenters. The Morgan fingerprint density at radius 1 is 1.17 bits per heavy atom. The van der Waals surface area contributed by atoms with Crippen LogP contribution in [0.1, 0.15) is 51.4 Å². The van der Waals surface area contributed by atoms with Gasteiger partial charge in [-0.1, -0.05) is 0 Å². The van der Waals surface area contributed by atoms with E-state index in [1.54, 1.807) is 0 Å². The Hall–Kier alpha value is -1.59.